The zero-order valence-corrected chi connectivity index (χ0v) is 13.3. The number of halogens is 1. The van der Waals surface area contributed by atoms with Crippen LogP contribution < -0.4 is 5.32 Å². The van der Waals surface area contributed by atoms with Crippen molar-refractivity contribution >= 4 is 11.6 Å². The number of hydrogen-bond donors (Lipinski definition) is 1. The van der Waals surface area contributed by atoms with Crippen molar-refractivity contribution in [1.82, 2.24) is 5.32 Å². The normalized spacial score (nSPS) is 14.3. The van der Waals surface area contributed by atoms with E-state index in [0.29, 0.717) is 6.04 Å². The number of nitrogens with one attached hydrogen (secondary N) is 1. The van der Waals surface area contributed by atoms with E-state index < -0.39 is 0 Å². The van der Waals surface area contributed by atoms with E-state index in [1.807, 2.05) is 12.1 Å². The van der Waals surface area contributed by atoms with Gasteiger partial charge in [0.15, 0.2) is 0 Å². The van der Waals surface area contributed by atoms with Crippen molar-refractivity contribution in [2.45, 2.75) is 58.9 Å². The quantitative estimate of drug-likeness (QED) is 0.666. The van der Waals surface area contributed by atoms with Crippen LogP contribution in [0.4, 0.5) is 0 Å². The van der Waals surface area contributed by atoms with Crippen molar-refractivity contribution in [3.8, 4) is 0 Å². The summed E-state index contributed by atoms with van der Waals surface area (Å²) in [7, 11) is 0. The summed E-state index contributed by atoms with van der Waals surface area (Å²) in [5, 5.41) is 4.49. The van der Waals surface area contributed by atoms with Gasteiger partial charge in [0.25, 0.3) is 0 Å². The van der Waals surface area contributed by atoms with Crippen LogP contribution in [0.3, 0.4) is 0 Å². The maximum Gasteiger partial charge on any atom is 0.0406 e. The van der Waals surface area contributed by atoms with Gasteiger partial charge < -0.3 is 5.32 Å². The Morgan fingerprint density at radius 3 is 2.42 bits per heavy atom. The molecule has 19 heavy (non-hydrogen) atoms. The highest BCUT2D eigenvalue weighted by molar-refractivity contribution is 6.30. The lowest BCUT2D eigenvalue weighted by molar-refractivity contribution is 0.394. The van der Waals surface area contributed by atoms with Gasteiger partial charge in [0, 0.05) is 11.1 Å². The van der Waals surface area contributed by atoms with E-state index in [-0.39, 0.29) is 0 Å². The maximum atomic E-state index is 5.90. The first-order chi connectivity index (χ1) is 9.15. The molecule has 1 nitrogen and oxygen atoms in total. The van der Waals surface area contributed by atoms with Crippen LogP contribution in [0.25, 0.3) is 0 Å². The molecule has 108 valence electrons. The molecule has 0 radical (unpaired) electrons. The predicted octanol–water partition coefficient (Wildman–Crippen LogP) is 5.08. The SMILES string of the molecule is CCCCC(CC)CNC(C)Cc1ccc(Cl)cc1. The molecule has 0 bridgehead atoms. The fourth-order valence-electron chi connectivity index (χ4n) is 2.36. The van der Waals surface area contributed by atoms with E-state index in [1.165, 1.54) is 31.2 Å². The van der Waals surface area contributed by atoms with Gasteiger partial charge in [0.2, 0.25) is 0 Å². The molecule has 0 heterocycles. The molecule has 1 aromatic rings. The van der Waals surface area contributed by atoms with Crippen molar-refractivity contribution < 1.29 is 0 Å². The third-order valence-corrected chi connectivity index (χ3v) is 4.01. The summed E-state index contributed by atoms with van der Waals surface area (Å²) in [4.78, 5) is 0. The minimum Gasteiger partial charge on any atom is -0.314 e. The monoisotopic (exact) mass is 281 g/mol. The smallest absolute Gasteiger partial charge is 0.0406 e. The molecule has 1 aromatic carbocycles. The van der Waals surface area contributed by atoms with Crippen LogP contribution in [-0.4, -0.2) is 12.6 Å². The summed E-state index contributed by atoms with van der Waals surface area (Å²) in [6.07, 6.45) is 6.36. The lowest BCUT2D eigenvalue weighted by atomic mass is 9.98. The molecule has 2 heteroatoms. The Bertz CT molecular complexity index is 334. The van der Waals surface area contributed by atoms with E-state index in [4.69, 9.17) is 11.6 Å². The van der Waals surface area contributed by atoms with Crippen LogP contribution in [0.5, 0.6) is 0 Å². The Hall–Kier alpha value is -0.530. The second-order valence-electron chi connectivity index (χ2n) is 5.56. The topological polar surface area (TPSA) is 12.0 Å². The fraction of sp³-hybridized carbons (Fsp3) is 0.647. The zero-order chi connectivity index (χ0) is 14.1. The largest absolute Gasteiger partial charge is 0.314 e. The molecule has 1 rings (SSSR count). The minimum absolute atomic E-state index is 0.525. The van der Waals surface area contributed by atoms with Gasteiger partial charge in [-0.15, -0.1) is 0 Å². The van der Waals surface area contributed by atoms with Crippen LogP contribution in [0.15, 0.2) is 24.3 Å². The Morgan fingerprint density at radius 1 is 1.16 bits per heavy atom. The molecule has 0 aliphatic carbocycles. The number of hydrogen-bond acceptors (Lipinski definition) is 1. The molecule has 0 fully saturated rings. The van der Waals surface area contributed by atoms with Crippen molar-refractivity contribution in [3.63, 3.8) is 0 Å². The fourth-order valence-corrected chi connectivity index (χ4v) is 2.48. The van der Waals surface area contributed by atoms with Gasteiger partial charge in [-0.1, -0.05) is 56.8 Å². The minimum atomic E-state index is 0.525. The van der Waals surface area contributed by atoms with Gasteiger partial charge in [0.1, 0.15) is 0 Å². The molecule has 0 aromatic heterocycles. The van der Waals surface area contributed by atoms with Crippen LogP contribution >= 0.6 is 11.6 Å². The van der Waals surface area contributed by atoms with Crippen LogP contribution in [0.2, 0.25) is 5.02 Å². The molecule has 2 atom stereocenters. The van der Waals surface area contributed by atoms with Gasteiger partial charge in [-0.3, -0.25) is 0 Å². The molecular formula is C17H28ClN. The molecule has 0 saturated heterocycles. The van der Waals surface area contributed by atoms with Crippen molar-refractivity contribution in [3.05, 3.63) is 34.9 Å². The van der Waals surface area contributed by atoms with E-state index in [1.54, 1.807) is 0 Å². The first-order valence-corrected chi connectivity index (χ1v) is 8.01. The molecular weight excluding hydrogens is 254 g/mol. The van der Waals surface area contributed by atoms with Crippen molar-refractivity contribution in [1.29, 1.82) is 0 Å². The van der Waals surface area contributed by atoms with Crippen molar-refractivity contribution in [2.24, 2.45) is 5.92 Å². The summed E-state index contributed by atoms with van der Waals surface area (Å²) in [6, 6.07) is 8.71. The predicted molar refractivity (Wildman–Crippen MR) is 85.9 cm³/mol. The standard InChI is InChI=1S/C17H28ClN/c1-4-6-7-15(5-2)13-19-14(3)12-16-8-10-17(18)11-9-16/h8-11,14-15,19H,4-7,12-13H2,1-3H3. The molecule has 2 unspecified atom stereocenters. The number of benzene rings is 1. The Labute approximate surface area is 123 Å². The highest BCUT2D eigenvalue weighted by atomic mass is 35.5. The highest BCUT2D eigenvalue weighted by Gasteiger charge is 2.08. The zero-order valence-electron chi connectivity index (χ0n) is 12.6. The lowest BCUT2D eigenvalue weighted by Gasteiger charge is -2.19. The summed E-state index contributed by atoms with van der Waals surface area (Å²) in [5.41, 5.74) is 1.35. The van der Waals surface area contributed by atoms with Gasteiger partial charge in [-0.25, -0.2) is 0 Å². The molecule has 0 aliphatic heterocycles. The summed E-state index contributed by atoms with van der Waals surface area (Å²) < 4.78 is 0. The van der Waals surface area contributed by atoms with E-state index in [0.717, 1.165) is 23.9 Å². The molecule has 0 aliphatic rings. The van der Waals surface area contributed by atoms with E-state index >= 15 is 0 Å². The average molecular weight is 282 g/mol. The van der Waals surface area contributed by atoms with Gasteiger partial charge in [-0.05, 0) is 49.9 Å². The van der Waals surface area contributed by atoms with Gasteiger partial charge in [0.05, 0.1) is 0 Å². The van der Waals surface area contributed by atoms with Gasteiger partial charge >= 0.3 is 0 Å². The molecule has 0 amide bonds. The highest BCUT2D eigenvalue weighted by Crippen LogP contribution is 2.13. The Kier molecular flexibility index (Phi) is 8.16. The van der Waals surface area contributed by atoms with Crippen LogP contribution in [0, 0.1) is 5.92 Å². The van der Waals surface area contributed by atoms with Crippen molar-refractivity contribution in [2.75, 3.05) is 6.54 Å². The van der Waals surface area contributed by atoms with Crippen LogP contribution in [0.1, 0.15) is 52.0 Å². The third-order valence-electron chi connectivity index (χ3n) is 3.75. The Balaban J connectivity index is 2.30. The number of rotatable bonds is 9. The summed E-state index contributed by atoms with van der Waals surface area (Å²) >= 11 is 5.90. The van der Waals surface area contributed by atoms with Gasteiger partial charge in [-0.2, -0.15) is 0 Å². The first-order valence-electron chi connectivity index (χ1n) is 7.63. The number of unbranched alkanes of at least 4 members (excludes halogenated alkanes) is 1. The molecule has 0 saturated carbocycles. The second kappa shape index (κ2) is 9.39. The van der Waals surface area contributed by atoms with Crippen LogP contribution in [-0.2, 0) is 6.42 Å². The average Bonchev–Trinajstić information content (AvgIpc) is 2.42. The molecule has 1 N–H and O–H groups in total. The third kappa shape index (κ3) is 6.98. The molecule has 0 spiro atoms. The van der Waals surface area contributed by atoms with E-state index in [2.05, 4.69) is 38.2 Å². The Morgan fingerprint density at radius 2 is 1.84 bits per heavy atom. The summed E-state index contributed by atoms with van der Waals surface area (Å²) in [5.74, 6) is 0.826. The lowest BCUT2D eigenvalue weighted by Crippen LogP contribution is -2.32. The van der Waals surface area contributed by atoms with E-state index in [9.17, 15) is 0 Å². The first kappa shape index (κ1) is 16.5. The summed E-state index contributed by atoms with van der Waals surface area (Å²) in [6.45, 7) is 7.97. The second-order valence-corrected chi connectivity index (χ2v) is 5.99. The maximum absolute atomic E-state index is 5.90.